The molecule has 224 valence electrons. The van der Waals surface area contributed by atoms with E-state index in [1.807, 2.05) is 17.5 Å². The highest BCUT2D eigenvalue weighted by atomic mass is 35.5. The third-order valence-electron chi connectivity index (χ3n) is 7.86. The van der Waals surface area contributed by atoms with Crippen LogP contribution >= 0.6 is 22.9 Å². The second-order valence-electron chi connectivity index (χ2n) is 10.5. The number of anilines is 2. The summed E-state index contributed by atoms with van der Waals surface area (Å²) in [5, 5.41) is 5.97. The number of Topliss-reactive ketones (excluding diaryl/α,β-unsaturated/α-hetero) is 1. The van der Waals surface area contributed by atoms with Crippen molar-refractivity contribution in [1.29, 1.82) is 0 Å². The van der Waals surface area contributed by atoms with Crippen LogP contribution in [0.2, 0.25) is 5.02 Å². The SMILES string of the molecule is CCC(C)(C(=O)Nc1ccc2c(c1)OCO2)N(Cc1nc(-c2ccc(Cl)cc2)cs1)C(=O)CN1C(=O)C(=O)c2ccccc21. The molecule has 1 aromatic heterocycles. The molecule has 3 amide bonds. The summed E-state index contributed by atoms with van der Waals surface area (Å²) in [5.74, 6) is -1.35. The number of carbonyl (C=O) groups excluding carboxylic acids is 4. The van der Waals surface area contributed by atoms with E-state index in [2.05, 4.69) is 5.32 Å². The highest BCUT2D eigenvalue weighted by molar-refractivity contribution is 7.09. The molecule has 0 aliphatic carbocycles. The first-order valence-corrected chi connectivity index (χ1v) is 15.1. The van der Waals surface area contributed by atoms with Crippen LogP contribution in [0.15, 0.2) is 72.1 Å². The number of nitrogens with one attached hydrogen (secondary N) is 1. The Balaban J connectivity index is 1.32. The van der Waals surface area contributed by atoms with Gasteiger partial charge >= 0.3 is 0 Å². The summed E-state index contributed by atoms with van der Waals surface area (Å²) in [6.07, 6.45) is 0.244. The molecule has 10 nitrogen and oxygen atoms in total. The summed E-state index contributed by atoms with van der Waals surface area (Å²) in [5.41, 5.74) is 1.25. The highest BCUT2D eigenvalue weighted by Gasteiger charge is 2.44. The van der Waals surface area contributed by atoms with Crippen LogP contribution in [-0.2, 0) is 20.9 Å². The van der Waals surface area contributed by atoms with Crippen LogP contribution in [0.25, 0.3) is 11.3 Å². The predicted octanol–water partition coefficient (Wildman–Crippen LogP) is 5.56. The van der Waals surface area contributed by atoms with Crippen molar-refractivity contribution in [2.24, 2.45) is 0 Å². The number of thiazole rings is 1. The van der Waals surface area contributed by atoms with Gasteiger partial charge in [0.15, 0.2) is 11.5 Å². The van der Waals surface area contributed by atoms with Gasteiger partial charge in [0.25, 0.3) is 11.7 Å². The number of ether oxygens (including phenoxy) is 2. The minimum Gasteiger partial charge on any atom is -0.454 e. The van der Waals surface area contributed by atoms with Crippen LogP contribution < -0.4 is 19.7 Å². The van der Waals surface area contributed by atoms with Gasteiger partial charge in [-0.05, 0) is 49.7 Å². The molecule has 0 saturated carbocycles. The lowest BCUT2D eigenvalue weighted by atomic mass is 9.94. The number of aromatic nitrogens is 1. The molecule has 0 spiro atoms. The minimum absolute atomic E-state index is 0.00634. The van der Waals surface area contributed by atoms with E-state index < -0.39 is 35.6 Å². The molecule has 0 bridgehead atoms. The van der Waals surface area contributed by atoms with Crippen LogP contribution in [0.4, 0.5) is 11.4 Å². The Morgan fingerprint density at radius 1 is 1.07 bits per heavy atom. The summed E-state index contributed by atoms with van der Waals surface area (Å²) in [7, 11) is 0. The highest BCUT2D eigenvalue weighted by Crippen LogP contribution is 2.36. The lowest BCUT2D eigenvalue weighted by Gasteiger charge is -2.39. The van der Waals surface area contributed by atoms with Crippen LogP contribution in [0, 0.1) is 0 Å². The van der Waals surface area contributed by atoms with Gasteiger partial charge in [-0.2, -0.15) is 0 Å². The maximum atomic E-state index is 14.2. The molecule has 1 N–H and O–H groups in total. The topological polar surface area (TPSA) is 118 Å². The Morgan fingerprint density at radius 2 is 1.82 bits per heavy atom. The molecule has 1 unspecified atom stereocenters. The number of para-hydroxylation sites is 1. The molecule has 0 saturated heterocycles. The van der Waals surface area contributed by atoms with E-state index in [0.29, 0.717) is 38.6 Å². The van der Waals surface area contributed by atoms with Gasteiger partial charge in [-0.15, -0.1) is 11.3 Å². The van der Waals surface area contributed by atoms with E-state index >= 15 is 0 Å². The average Bonchev–Trinajstić information content (AvgIpc) is 3.76. The quantitative estimate of drug-likeness (QED) is 0.241. The summed E-state index contributed by atoms with van der Waals surface area (Å²) in [6.45, 7) is 3.14. The van der Waals surface area contributed by atoms with Crippen molar-refractivity contribution >= 4 is 57.8 Å². The molecular formula is C32H27ClN4O6S. The Hall–Kier alpha value is -4.74. The van der Waals surface area contributed by atoms with E-state index in [1.54, 1.807) is 68.4 Å². The van der Waals surface area contributed by atoms with Crippen molar-refractivity contribution in [2.45, 2.75) is 32.4 Å². The zero-order valence-corrected chi connectivity index (χ0v) is 25.4. The molecule has 0 fully saturated rings. The number of amides is 3. The number of hydrogen-bond acceptors (Lipinski definition) is 8. The number of halogens is 1. The average molecular weight is 631 g/mol. The third-order valence-corrected chi connectivity index (χ3v) is 8.95. The number of rotatable bonds is 9. The smallest absolute Gasteiger partial charge is 0.299 e. The van der Waals surface area contributed by atoms with Crippen molar-refractivity contribution < 1.29 is 28.7 Å². The number of carbonyl (C=O) groups is 4. The Labute approximate surface area is 262 Å². The van der Waals surface area contributed by atoms with Gasteiger partial charge in [0.05, 0.1) is 23.5 Å². The van der Waals surface area contributed by atoms with Gasteiger partial charge in [-0.25, -0.2) is 4.98 Å². The van der Waals surface area contributed by atoms with Gasteiger partial charge in [0.1, 0.15) is 17.1 Å². The monoisotopic (exact) mass is 630 g/mol. The number of ketones is 1. The zero-order valence-electron chi connectivity index (χ0n) is 23.8. The Kier molecular flexibility index (Phi) is 7.83. The molecule has 44 heavy (non-hydrogen) atoms. The molecule has 0 radical (unpaired) electrons. The molecule has 3 aromatic carbocycles. The summed E-state index contributed by atoms with van der Waals surface area (Å²) in [6, 6.07) is 18.8. The standard InChI is InChI=1S/C32H27ClN4O6S/c1-3-32(2,31(41)34-21-12-13-25-26(14-21)43-18-42-25)37(15-27-35-23(17-44-27)19-8-10-20(33)11-9-19)28(38)16-36-24-7-5-4-6-22(24)29(39)30(36)40/h4-14,17H,3,15-16,18H2,1-2H3,(H,34,41). The molecule has 12 heteroatoms. The second-order valence-corrected chi connectivity index (χ2v) is 11.9. The first kappa shape index (κ1) is 29.3. The van der Waals surface area contributed by atoms with Crippen molar-refractivity contribution in [3.05, 3.63) is 87.7 Å². The fraction of sp³-hybridized carbons (Fsp3) is 0.219. The zero-order chi connectivity index (χ0) is 31.0. The molecule has 4 aromatic rings. The first-order valence-electron chi connectivity index (χ1n) is 13.8. The lowest BCUT2D eigenvalue weighted by molar-refractivity contribution is -0.145. The maximum absolute atomic E-state index is 14.2. The fourth-order valence-electron chi connectivity index (χ4n) is 5.15. The predicted molar refractivity (Wildman–Crippen MR) is 166 cm³/mol. The molecule has 2 aliphatic heterocycles. The van der Waals surface area contributed by atoms with E-state index in [1.165, 1.54) is 21.1 Å². The third kappa shape index (κ3) is 5.40. The van der Waals surface area contributed by atoms with Gasteiger partial charge in [0, 0.05) is 27.7 Å². The number of benzene rings is 3. The largest absolute Gasteiger partial charge is 0.454 e. The molecule has 3 heterocycles. The number of nitrogens with zero attached hydrogens (tertiary/aromatic N) is 3. The summed E-state index contributed by atoms with van der Waals surface area (Å²) < 4.78 is 10.8. The van der Waals surface area contributed by atoms with E-state index in [-0.39, 0.29) is 25.3 Å². The van der Waals surface area contributed by atoms with Crippen molar-refractivity contribution in [3.8, 4) is 22.8 Å². The Morgan fingerprint density at radius 3 is 2.59 bits per heavy atom. The molecule has 6 rings (SSSR count). The fourth-order valence-corrected chi connectivity index (χ4v) is 6.07. The van der Waals surface area contributed by atoms with Crippen molar-refractivity contribution in [3.63, 3.8) is 0 Å². The van der Waals surface area contributed by atoms with E-state index in [9.17, 15) is 19.2 Å². The van der Waals surface area contributed by atoms with Gasteiger partial charge in [-0.1, -0.05) is 42.8 Å². The maximum Gasteiger partial charge on any atom is 0.299 e. The normalized spacial score (nSPS) is 14.8. The number of fused-ring (bicyclic) bond motifs is 2. The van der Waals surface area contributed by atoms with Crippen LogP contribution in [0.1, 0.15) is 35.6 Å². The van der Waals surface area contributed by atoms with Crippen molar-refractivity contribution in [1.82, 2.24) is 9.88 Å². The van der Waals surface area contributed by atoms with Gasteiger partial charge in [0.2, 0.25) is 18.6 Å². The van der Waals surface area contributed by atoms with Gasteiger partial charge in [-0.3, -0.25) is 24.1 Å². The second kappa shape index (κ2) is 11.7. The van der Waals surface area contributed by atoms with Gasteiger partial charge < -0.3 is 19.7 Å². The lowest BCUT2D eigenvalue weighted by Crippen LogP contribution is -2.58. The molecular weight excluding hydrogens is 604 g/mol. The van der Waals surface area contributed by atoms with Crippen molar-refractivity contribution in [2.75, 3.05) is 23.6 Å². The van der Waals surface area contributed by atoms with E-state index in [0.717, 1.165) is 5.56 Å². The van der Waals surface area contributed by atoms with Crippen LogP contribution in [0.5, 0.6) is 11.5 Å². The summed E-state index contributed by atoms with van der Waals surface area (Å²) in [4.78, 5) is 61.0. The van der Waals surface area contributed by atoms with Crippen LogP contribution in [0.3, 0.4) is 0 Å². The minimum atomic E-state index is -1.37. The Bertz CT molecular complexity index is 1790. The van der Waals surface area contributed by atoms with Crippen LogP contribution in [-0.4, -0.2) is 52.3 Å². The van der Waals surface area contributed by atoms with E-state index in [4.69, 9.17) is 26.1 Å². The molecule has 2 aliphatic rings. The molecule has 1 atom stereocenters. The first-order chi connectivity index (χ1) is 21.2. The summed E-state index contributed by atoms with van der Waals surface area (Å²) >= 11 is 7.40. The number of hydrogen-bond donors (Lipinski definition) is 1.